The van der Waals surface area contributed by atoms with Crippen molar-refractivity contribution in [3.63, 3.8) is 0 Å². The molecule has 1 aliphatic heterocycles. The van der Waals surface area contributed by atoms with Crippen molar-refractivity contribution in [3.8, 4) is 0 Å². The lowest BCUT2D eigenvalue weighted by molar-refractivity contribution is -0.276. The minimum Gasteiger partial charge on any atom is -0.374 e. The van der Waals surface area contributed by atoms with E-state index in [1.54, 1.807) is 5.32 Å². The number of amides is 2. The Labute approximate surface area is 241 Å². The molecule has 2 amide bonds. The Kier molecular flexibility index (Phi) is 8.35. The monoisotopic (exact) mass is 639 g/mol. The van der Waals surface area contributed by atoms with Crippen molar-refractivity contribution >= 4 is 39.9 Å². The van der Waals surface area contributed by atoms with E-state index in [0.717, 1.165) is 6.92 Å². The number of hydrogen-bond donors (Lipinski definition) is 2. The van der Waals surface area contributed by atoms with E-state index < -0.39 is 71.1 Å². The minimum absolute atomic E-state index is 0.0623. The second kappa shape index (κ2) is 11.2. The van der Waals surface area contributed by atoms with E-state index in [1.165, 1.54) is 36.4 Å². The van der Waals surface area contributed by atoms with Crippen LogP contribution >= 0.6 is 11.6 Å². The quantitative estimate of drug-likeness (QED) is 0.288. The van der Waals surface area contributed by atoms with Gasteiger partial charge in [0.15, 0.2) is 0 Å². The molecule has 2 N–H and O–H groups in total. The maximum Gasteiger partial charge on any atom is 0.435 e. The molecule has 43 heavy (non-hydrogen) atoms. The van der Waals surface area contributed by atoms with Crippen molar-refractivity contribution in [1.82, 2.24) is 10.6 Å². The maximum atomic E-state index is 14.5. The minimum atomic E-state index is -5.25. The highest BCUT2D eigenvalue weighted by atomic mass is 35.5. The molecular weight excluding hydrogens is 621 g/mol. The molecule has 4 rings (SSSR count). The number of carbonyl (C=O) groups is 2. The Morgan fingerprint density at radius 1 is 0.977 bits per heavy atom. The van der Waals surface area contributed by atoms with Crippen LogP contribution in [0.15, 0.2) is 59.8 Å². The van der Waals surface area contributed by atoms with Gasteiger partial charge in [-0.3, -0.25) is 9.59 Å². The zero-order chi connectivity index (χ0) is 32.0. The SMILES string of the molecule is CC(NC(=O)c1ccc(C2=NOC(c3cc(Cl)cc(C(F)(F)F)c3)(C(F)(F)F)C2)c2ccccc12)C(=O)NCC(F)(F)F. The summed E-state index contributed by atoms with van der Waals surface area (Å²) in [5, 5.41) is 7.26. The van der Waals surface area contributed by atoms with Crippen molar-refractivity contribution in [1.29, 1.82) is 0 Å². The summed E-state index contributed by atoms with van der Waals surface area (Å²) in [4.78, 5) is 29.8. The first-order valence-electron chi connectivity index (χ1n) is 12.2. The van der Waals surface area contributed by atoms with Gasteiger partial charge >= 0.3 is 18.5 Å². The van der Waals surface area contributed by atoms with E-state index in [1.807, 2.05) is 0 Å². The van der Waals surface area contributed by atoms with Crippen molar-refractivity contribution in [3.05, 3.63) is 81.9 Å². The molecule has 0 saturated carbocycles. The number of carbonyl (C=O) groups excluding carboxylic acids is 2. The molecule has 2 atom stereocenters. The molecule has 2 unspecified atom stereocenters. The Morgan fingerprint density at radius 2 is 1.63 bits per heavy atom. The number of hydrogen-bond acceptors (Lipinski definition) is 4. The van der Waals surface area contributed by atoms with Crippen LogP contribution in [0.5, 0.6) is 0 Å². The van der Waals surface area contributed by atoms with Crippen LogP contribution in [0.2, 0.25) is 5.02 Å². The average molecular weight is 640 g/mol. The Morgan fingerprint density at radius 3 is 2.23 bits per heavy atom. The fourth-order valence-corrected chi connectivity index (χ4v) is 4.70. The van der Waals surface area contributed by atoms with Gasteiger partial charge in [-0.1, -0.05) is 47.1 Å². The zero-order valence-corrected chi connectivity index (χ0v) is 22.4. The van der Waals surface area contributed by atoms with Crippen LogP contribution < -0.4 is 10.6 Å². The van der Waals surface area contributed by atoms with Crippen LogP contribution in [0.1, 0.15) is 40.4 Å². The summed E-state index contributed by atoms with van der Waals surface area (Å²) in [7, 11) is 0. The van der Waals surface area contributed by atoms with Crippen LogP contribution in [0.4, 0.5) is 39.5 Å². The van der Waals surface area contributed by atoms with E-state index in [0.29, 0.717) is 12.1 Å². The van der Waals surface area contributed by atoms with Crippen molar-refractivity contribution in [2.45, 2.75) is 43.5 Å². The van der Waals surface area contributed by atoms with E-state index in [4.69, 9.17) is 16.4 Å². The summed E-state index contributed by atoms with van der Waals surface area (Å²) in [6.07, 6.45) is -16.0. The second-order valence-corrected chi connectivity index (χ2v) is 10.0. The molecule has 3 aromatic carbocycles. The third-order valence-corrected chi connectivity index (χ3v) is 6.78. The number of halogens is 10. The predicted octanol–water partition coefficient (Wildman–Crippen LogP) is 6.89. The molecule has 1 heterocycles. The van der Waals surface area contributed by atoms with Gasteiger partial charge in [-0.2, -0.15) is 39.5 Å². The summed E-state index contributed by atoms with van der Waals surface area (Å²) in [5.74, 6) is -1.98. The van der Waals surface area contributed by atoms with E-state index in [-0.39, 0.29) is 33.7 Å². The number of rotatable bonds is 6. The predicted molar refractivity (Wildman–Crippen MR) is 136 cm³/mol. The summed E-state index contributed by atoms with van der Waals surface area (Å²) < 4.78 is 121. The van der Waals surface area contributed by atoms with Gasteiger partial charge in [0.05, 0.1) is 11.3 Å². The van der Waals surface area contributed by atoms with Gasteiger partial charge in [0, 0.05) is 28.1 Å². The summed E-state index contributed by atoms with van der Waals surface area (Å²) in [6.45, 7) is -0.457. The van der Waals surface area contributed by atoms with Gasteiger partial charge in [-0.05, 0) is 42.0 Å². The highest BCUT2D eigenvalue weighted by Gasteiger charge is 2.62. The van der Waals surface area contributed by atoms with Crippen molar-refractivity contribution < 1.29 is 53.9 Å². The van der Waals surface area contributed by atoms with Gasteiger partial charge in [-0.15, -0.1) is 0 Å². The zero-order valence-electron chi connectivity index (χ0n) is 21.6. The Balaban J connectivity index is 1.67. The number of alkyl halides is 9. The lowest BCUT2D eigenvalue weighted by Gasteiger charge is -2.30. The number of oxime groups is 1. The van der Waals surface area contributed by atoms with Gasteiger partial charge in [0.2, 0.25) is 5.91 Å². The summed E-state index contributed by atoms with van der Waals surface area (Å²) in [6, 6.07) is 8.40. The topological polar surface area (TPSA) is 79.8 Å². The van der Waals surface area contributed by atoms with E-state index >= 15 is 0 Å². The molecule has 0 bridgehead atoms. The normalized spacial score (nSPS) is 18.2. The number of nitrogens with one attached hydrogen (secondary N) is 2. The molecular formula is C27H19ClF9N3O3. The molecule has 3 aromatic rings. The Bertz CT molecular complexity index is 1600. The molecule has 0 spiro atoms. The molecule has 230 valence electrons. The summed E-state index contributed by atoms with van der Waals surface area (Å²) in [5.41, 5.74) is -5.96. The molecule has 0 fully saturated rings. The molecule has 0 aliphatic carbocycles. The number of benzene rings is 3. The molecule has 16 heteroatoms. The number of nitrogens with zero attached hydrogens (tertiary/aromatic N) is 1. The van der Waals surface area contributed by atoms with Crippen LogP contribution in [0.3, 0.4) is 0 Å². The molecule has 6 nitrogen and oxygen atoms in total. The fraction of sp³-hybridized carbons (Fsp3) is 0.296. The lowest BCUT2D eigenvalue weighted by atomic mass is 9.84. The summed E-state index contributed by atoms with van der Waals surface area (Å²) >= 11 is 5.74. The highest BCUT2D eigenvalue weighted by Crippen LogP contribution is 2.50. The third kappa shape index (κ3) is 6.65. The van der Waals surface area contributed by atoms with Crippen LogP contribution in [-0.2, 0) is 21.4 Å². The lowest BCUT2D eigenvalue weighted by Crippen LogP contribution is -2.47. The first-order chi connectivity index (χ1) is 19.8. The fourth-order valence-electron chi connectivity index (χ4n) is 4.46. The maximum absolute atomic E-state index is 14.5. The first kappa shape index (κ1) is 31.9. The third-order valence-electron chi connectivity index (χ3n) is 6.56. The smallest absolute Gasteiger partial charge is 0.374 e. The van der Waals surface area contributed by atoms with E-state index in [9.17, 15) is 49.1 Å². The molecule has 1 aliphatic rings. The van der Waals surface area contributed by atoms with Crippen LogP contribution in [0, 0.1) is 0 Å². The molecule has 0 saturated heterocycles. The Hall–Kier alpha value is -4.01. The largest absolute Gasteiger partial charge is 0.435 e. The van der Waals surface area contributed by atoms with Crippen LogP contribution in [-0.4, -0.2) is 42.5 Å². The average Bonchev–Trinajstić information content (AvgIpc) is 3.37. The van der Waals surface area contributed by atoms with Gasteiger partial charge in [-0.25, -0.2) is 0 Å². The second-order valence-electron chi connectivity index (χ2n) is 9.59. The van der Waals surface area contributed by atoms with Gasteiger partial charge in [0.1, 0.15) is 12.6 Å². The van der Waals surface area contributed by atoms with Crippen molar-refractivity contribution in [2.75, 3.05) is 6.54 Å². The molecule has 0 radical (unpaired) electrons. The van der Waals surface area contributed by atoms with Crippen LogP contribution in [0.25, 0.3) is 10.8 Å². The standard InChI is InChI=1S/C27H19ClF9N3O3/c1-13(22(41)38-12-25(29,30)31)39-23(42)20-7-6-19(17-4-2-3-5-18(17)20)21-11-24(43-40-21,27(35,36)37)14-8-15(26(32,33)34)10-16(28)9-14/h2-10,13H,11-12H2,1H3,(H,38,41)(H,39,42). The highest BCUT2D eigenvalue weighted by molar-refractivity contribution is 6.30. The van der Waals surface area contributed by atoms with E-state index in [2.05, 4.69) is 10.5 Å². The number of fused-ring (bicyclic) bond motifs is 1. The van der Waals surface area contributed by atoms with Crippen molar-refractivity contribution in [2.24, 2.45) is 5.16 Å². The van der Waals surface area contributed by atoms with Gasteiger partial charge in [0.25, 0.3) is 11.5 Å². The molecule has 0 aromatic heterocycles. The first-order valence-corrected chi connectivity index (χ1v) is 12.6. The van der Waals surface area contributed by atoms with Gasteiger partial charge < -0.3 is 15.5 Å².